The van der Waals surface area contributed by atoms with Crippen molar-refractivity contribution in [3.63, 3.8) is 0 Å². The van der Waals surface area contributed by atoms with Crippen LogP contribution in [0.15, 0.2) is 6.08 Å². The molecule has 0 aliphatic heterocycles. The predicted octanol–water partition coefficient (Wildman–Crippen LogP) is 2.41. The van der Waals surface area contributed by atoms with E-state index in [4.69, 9.17) is 0 Å². The molecule has 2 rings (SSSR count). The van der Waals surface area contributed by atoms with E-state index in [0.29, 0.717) is 0 Å². The fourth-order valence-electron chi connectivity index (χ4n) is 1.24. The smallest absolute Gasteiger partial charge is 0.0620 e. The first-order chi connectivity index (χ1) is 4.88. The minimum atomic E-state index is 1.14. The number of aryl methyl sites for hydroxylation is 2. The molecule has 10 heavy (non-hydrogen) atoms. The highest BCUT2D eigenvalue weighted by molar-refractivity contribution is 7.06. The van der Waals surface area contributed by atoms with Crippen LogP contribution in [-0.4, -0.2) is 4.37 Å². The zero-order valence-corrected chi connectivity index (χ0v) is 6.74. The maximum Gasteiger partial charge on any atom is 0.0620 e. The molecule has 2 heteroatoms. The molecule has 0 fully saturated rings. The van der Waals surface area contributed by atoms with Crippen molar-refractivity contribution in [3.05, 3.63) is 22.2 Å². The van der Waals surface area contributed by atoms with Gasteiger partial charge in [-0.15, -0.1) is 0 Å². The fraction of sp³-hybridized carbons (Fsp3) is 0.375. The Bertz CT molecular complexity index is 273. The topological polar surface area (TPSA) is 12.9 Å². The molecular formula is C8H9NS. The van der Waals surface area contributed by atoms with E-state index in [1.165, 1.54) is 16.1 Å². The standard InChI is InChI=1S/C8H9NS/c1-6-7-4-2-3-5-8(7)9-10-6/h2,4H,3,5H2,1H3. The average molecular weight is 151 g/mol. The maximum absolute atomic E-state index is 4.35. The lowest BCUT2D eigenvalue weighted by atomic mass is 10.0. The normalized spacial score (nSPS) is 15.3. The Balaban J connectivity index is 2.57. The van der Waals surface area contributed by atoms with Crippen LogP contribution in [0.5, 0.6) is 0 Å². The molecule has 52 valence electrons. The van der Waals surface area contributed by atoms with Crippen molar-refractivity contribution < 1.29 is 0 Å². The van der Waals surface area contributed by atoms with E-state index < -0.39 is 0 Å². The first kappa shape index (κ1) is 6.10. The Hall–Kier alpha value is -0.630. The van der Waals surface area contributed by atoms with Crippen molar-refractivity contribution in [2.75, 3.05) is 0 Å². The second-order valence-corrected chi connectivity index (χ2v) is 3.52. The van der Waals surface area contributed by atoms with Crippen LogP contribution in [-0.2, 0) is 6.42 Å². The van der Waals surface area contributed by atoms with Gasteiger partial charge in [0, 0.05) is 10.4 Å². The van der Waals surface area contributed by atoms with Crippen molar-refractivity contribution in [3.8, 4) is 0 Å². The summed E-state index contributed by atoms with van der Waals surface area (Å²) in [6, 6.07) is 0. The molecule has 0 spiro atoms. The molecule has 0 bridgehead atoms. The summed E-state index contributed by atoms with van der Waals surface area (Å²) in [6.07, 6.45) is 6.72. The van der Waals surface area contributed by atoms with E-state index in [-0.39, 0.29) is 0 Å². The molecule has 1 aliphatic rings. The van der Waals surface area contributed by atoms with E-state index in [2.05, 4.69) is 23.4 Å². The summed E-state index contributed by atoms with van der Waals surface area (Å²) in [5.41, 5.74) is 2.67. The Morgan fingerprint density at radius 3 is 3.30 bits per heavy atom. The molecule has 0 radical (unpaired) electrons. The van der Waals surface area contributed by atoms with Gasteiger partial charge >= 0.3 is 0 Å². The van der Waals surface area contributed by atoms with Gasteiger partial charge in [0.15, 0.2) is 0 Å². The zero-order chi connectivity index (χ0) is 6.97. The summed E-state index contributed by atoms with van der Waals surface area (Å²) in [4.78, 5) is 1.35. The molecule has 0 amide bonds. The Morgan fingerprint density at radius 2 is 2.50 bits per heavy atom. The third kappa shape index (κ3) is 0.797. The first-order valence-electron chi connectivity index (χ1n) is 3.49. The van der Waals surface area contributed by atoms with Gasteiger partial charge in [-0.2, -0.15) is 4.37 Å². The summed E-state index contributed by atoms with van der Waals surface area (Å²) >= 11 is 1.62. The number of hydrogen-bond donors (Lipinski definition) is 0. The lowest BCUT2D eigenvalue weighted by Gasteiger charge is -2.01. The molecule has 0 unspecified atom stereocenters. The zero-order valence-electron chi connectivity index (χ0n) is 5.92. The van der Waals surface area contributed by atoms with Gasteiger partial charge in [0.25, 0.3) is 0 Å². The van der Waals surface area contributed by atoms with Crippen LogP contribution in [0, 0.1) is 6.92 Å². The van der Waals surface area contributed by atoms with Gasteiger partial charge in [-0.05, 0) is 31.3 Å². The van der Waals surface area contributed by atoms with Crippen LogP contribution < -0.4 is 0 Å². The van der Waals surface area contributed by atoms with E-state index in [9.17, 15) is 0 Å². The average Bonchev–Trinajstić information content (AvgIpc) is 2.34. The highest BCUT2D eigenvalue weighted by Crippen LogP contribution is 2.24. The van der Waals surface area contributed by atoms with Gasteiger partial charge in [-0.1, -0.05) is 12.2 Å². The van der Waals surface area contributed by atoms with E-state index in [0.717, 1.165) is 12.8 Å². The van der Waals surface area contributed by atoms with E-state index >= 15 is 0 Å². The number of rotatable bonds is 0. The van der Waals surface area contributed by atoms with E-state index in [1.54, 1.807) is 11.5 Å². The summed E-state index contributed by atoms with van der Waals surface area (Å²) in [5, 5.41) is 0. The summed E-state index contributed by atoms with van der Waals surface area (Å²) in [7, 11) is 0. The second kappa shape index (κ2) is 2.20. The van der Waals surface area contributed by atoms with Crippen LogP contribution in [0.3, 0.4) is 0 Å². The van der Waals surface area contributed by atoms with E-state index in [1.807, 2.05) is 0 Å². The molecule has 0 saturated carbocycles. The number of allylic oxidation sites excluding steroid dienone is 1. The molecule has 1 aliphatic carbocycles. The lowest BCUT2D eigenvalue weighted by molar-refractivity contribution is 0.954. The molecule has 0 N–H and O–H groups in total. The molecule has 1 heterocycles. The van der Waals surface area contributed by atoms with Gasteiger partial charge < -0.3 is 0 Å². The van der Waals surface area contributed by atoms with Crippen molar-refractivity contribution in [2.24, 2.45) is 0 Å². The largest absolute Gasteiger partial charge is 0.197 e. The summed E-state index contributed by atoms with van der Waals surface area (Å²) < 4.78 is 4.35. The fourth-order valence-corrected chi connectivity index (χ4v) is 1.96. The van der Waals surface area contributed by atoms with Crippen LogP contribution in [0.2, 0.25) is 0 Å². The third-order valence-corrected chi connectivity index (χ3v) is 2.62. The number of fused-ring (bicyclic) bond motifs is 1. The van der Waals surface area contributed by atoms with Gasteiger partial charge in [-0.25, -0.2) is 0 Å². The Morgan fingerprint density at radius 1 is 1.60 bits per heavy atom. The summed E-state index contributed by atoms with van der Waals surface area (Å²) in [5.74, 6) is 0. The van der Waals surface area contributed by atoms with Crippen molar-refractivity contribution in [1.82, 2.24) is 4.37 Å². The predicted molar refractivity (Wildman–Crippen MR) is 44.2 cm³/mol. The van der Waals surface area contributed by atoms with Crippen LogP contribution >= 0.6 is 11.5 Å². The van der Waals surface area contributed by atoms with Crippen molar-refractivity contribution in [1.29, 1.82) is 0 Å². The maximum atomic E-state index is 4.35. The molecule has 1 nitrogen and oxygen atoms in total. The van der Waals surface area contributed by atoms with Crippen LogP contribution in [0.25, 0.3) is 6.08 Å². The third-order valence-electron chi connectivity index (χ3n) is 1.82. The minimum absolute atomic E-state index is 1.14. The van der Waals surface area contributed by atoms with Crippen LogP contribution in [0.4, 0.5) is 0 Å². The highest BCUT2D eigenvalue weighted by Gasteiger charge is 2.09. The number of aromatic nitrogens is 1. The number of nitrogens with zero attached hydrogens (tertiary/aromatic N) is 1. The van der Waals surface area contributed by atoms with Gasteiger partial charge in [0.1, 0.15) is 0 Å². The molecule has 1 aromatic heterocycles. The molecule has 1 aromatic rings. The van der Waals surface area contributed by atoms with Crippen molar-refractivity contribution >= 4 is 17.6 Å². The second-order valence-electron chi connectivity index (χ2n) is 2.54. The Kier molecular flexibility index (Phi) is 1.34. The molecule has 0 saturated heterocycles. The highest BCUT2D eigenvalue weighted by atomic mass is 32.1. The van der Waals surface area contributed by atoms with Gasteiger partial charge in [0.05, 0.1) is 5.69 Å². The molecule has 0 atom stereocenters. The quantitative estimate of drug-likeness (QED) is 0.555. The summed E-state index contributed by atoms with van der Waals surface area (Å²) in [6.45, 7) is 2.13. The van der Waals surface area contributed by atoms with Gasteiger partial charge in [0.2, 0.25) is 0 Å². The molecule has 0 aromatic carbocycles. The monoisotopic (exact) mass is 151 g/mol. The Labute approximate surface area is 64.6 Å². The first-order valence-corrected chi connectivity index (χ1v) is 4.27. The SMILES string of the molecule is Cc1snc2c1C=CCC2. The van der Waals surface area contributed by atoms with Crippen molar-refractivity contribution in [2.45, 2.75) is 19.8 Å². The minimum Gasteiger partial charge on any atom is -0.197 e. The molecular weight excluding hydrogens is 142 g/mol. The van der Waals surface area contributed by atoms with Crippen LogP contribution in [0.1, 0.15) is 22.6 Å². The number of hydrogen-bond acceptors (Lipinski definition) is 2. The van der Waals surface area contributed by atoms with Gasteiger partial charge in [-0.3, -0.25) is 0 Å². The lowest BCUT2D eigenvalue weighted by Crippen LogP contribution is -1.91.